The van der Waals surface area contributed by atoms with Gasteiger partial charge in [0.1, 0.15) is 0 Å². The van der Waals surface area contributed by atoms with Crippen LogP contribution in [0.4, 0.5) is 4.39 Å². The maximum absolute atomic E-state index is 13.5. The first-order chi connectivity index (χ1) is 8.58. The van der Waals surface area contributed by atoms with E-state index in [4.69, 9.17) is 4.74 Å². The van der Waals surface area contributed by atoms with Crippen molar-refractivity contribution in [3.8, 4) is 5.75 Å². The predicted molar refractivity (Wildman–Crippen MR) is 70.0 cm³/mol. The normalized spacial score (nSPS) is 16.7. The summed E-state index contributed by atoms with van der Waals surface area (Å²) in [5.41, 5.74) is 0. The van der Waals surface area contributed by atoms with Crippen LogP contribution in [0.25, 0.3) is 0 Å². The number of amides is 1. The summed E-state index contributed by atoms with van der Waals surface area (Å²) in [5, 5.41) is 0. The minimum absolute atomic E-state index is 0.0770. The van der Waals surface area contributed by atoms with E-state index >= 15 is 0 Å². The van der Waals surface area contributed by atoms with Gasteiger partial charge in [-0.15, -0.1) is 0 Å². The number of nitrogens with zero attached hydrogens (tertiary/aromatic N) is 1. The molecular formula is C13H15BrFNO2. The standard InChI is InChI=1S/C13H15BrFNO2/c1-9(13(17)16-6-2-3-7-16)18-12-8-10(14)4-5-11(12)15/h4-5,8-9H,2-3,6-7H2,1H3. The van der Waals surface area contributed by atoms with Crippen LogP contribution in [0.5, 0.6) is 5.75 Å². The summed E-state index contributed by atoms with van der Waals surface area (Å²) in [7, 11) is 0. The molecule has 0 spiro atoms. The summed E-state index contributed by atoms with van der Waals surface area (Å²) >= 11 is 3.25. The number of likely N-dealkylation sites (tertiary alicyclic amines) is 1. The molecule has 3 nitrogen and oxygen atoms in total. The van der Waals surface area contributed by atoms with E-state index in [2.05, 4.69) is 15.9 Å². The van der Waals surface area contributed by atoms with Crippen LogP contribution >= 0.6 is 15.9 Å². The molecule has 1 aromatic rings. The zero-order valence-electron chi connectivity index (χ0n) is 10.2. The summed E-state index contributed by atoms with van der Waals surface area (Å²) in [6.07, 6.45) is 1.40. The SMILES string of the molecule is CC(Oc1cc(Br)ccc1F)C(=O)N1CCCC1. The lowest BCUT2D eigenvalue weighted by Crippen LogP contribution is -2.38. The van der Waals surface area contributed by atoms with Gasteiger partial charge < -0.3 is 9.64 Å². The Hall–Kier alpha value is -1.10. The van der Waals surface area contributed by atoms with Crippen molar-refractivity contribution >= 4 is 21.8 Å². The lowest BCUT2D eigenvalue weighted by molar-refractivity contribution is -0.136. The number of rotatable bonds is 3. The fraction of sp³-hybridized carbons (Fsp3) is 0.462. The van der Waals surface area contributed by atoms with Gasteiger partial charge in [-0.05, 0) is 38.0 Å². The van der Waals surface area contributed by atoms with Crippen LogP contribution in [0.15, 0.2) is 22.7 Å². The molecule has 1 aliphatic rings. The van der Waals surface area contributed by atoms with Gasteiger partial charge in [0, 0.05) is 17.6 Å². The summed E-state index contributed by atoms with van der Waals surface area (Å²) < 4.78 is 19.6. The lowest BCUT2D eigenvalue weighted by atomic mass is 10.3. The molecule has 0 radical (unpaired) electrons. The largest absolute Gasteiger partial charge is 0.478 e. The second-order valence-corrected chi connectivity index (χ2v) is 5.28. The third kappa shape index (κ3) is 3.02. The van der Waals surface area contributed by atoms with Crippen molar-refractivity contribution in [3.63, 3.8) is 0 Å². The van der Waals surface area contributed by atoms with Crippen molar-refractivity contribution in [2.45, 2.75) is 25.9 Å². The van der Waals surface area contributed by atoms with Gasteiger partial charge in [0.2, 0.25) is 0 Å². The maximum Gasteiger partial charge on any atom is 0.263 e. The first-order valence-corrected chi connectivity index (χ1v) is 6.78. The molecule has 1 amide bonds. The quantitative estimate of drug-likeness (QED) is 0.858. The van der Waals surface area contributed by atoms with Crippen LogP contribution in [0.2, 0.25) is 0 Å². The minimum Gasteiger partial charge on any atom is -0.478 e. The number of halogens is 2. The van der Waals surface area contributed by atoms with E-state index in [1.165, 1.54) is 12.1 Å². The average molecular weight is 316 g/mol. The van der Waals surface area contributed by atoms with Gasteiger partial charge in [0.25, 0.3) is 5.91 Å². The molecule has 98 valence electrons. The molecule has 1 aliphatic heterocycles. The van der Waals surface area contributed by atoms with Crippen molar-refractivity contribution in [3.05, 3.63) is 28.5 Å². The highest BCUT2D eigenvalue weighted by atomic mass is 79.9. The molecule has 5 heteroatoms. The number of benzene rings is 1. The number of ether oxygens (including phenoxy) is 1. The van der Waals surface area contributed by atoms with Gasteiger partial charge >= 0.3 is 0 Å². The van der Waals surface area contributed by atoms with Crippen LogP contribution in [0.3, 0.4) is 0 Å². The molecule has 1 heterocycles. The Bertz CT molecular complexity index is 447. The fourth-order valence-electron chi connectivity index (χ4n) is 2.00. The van der Waals surface area contributed by atoms with Gasteiger partial charge in [-0.1, -0.05) is 15.9 Å². The van der Waals surface area contributed by atoms with Gasteiger partial charge in [-0.2, -0.15) is 0 Å². The highest BCUT2D eigenvalue weighted by molar-refractivity contribution is 9.10. The van der Waals surface area contributed by atoms with E-state index < -0.39 is 11.9 Å². The summed E-state index contributed by atoms with van der Waals surface area (Å²) in [6, 6.07) is 4.44. The number of hydrogen-bond donors (Lipinski definition) is 0. The van der Waals surface area contributed by atoms with Crippen LogP contribution in [0, 0.1) is 5.82 Å². The number of carbonyl (C=O) groups excluding carboxylic acids is 1. The monoisotopic (exact) mass is 315 g/mol. The Balaban J connectivity index is 2.03. The third-order valence-electron chi connectivity index (χ3n) is 2.96. The van der Waals surface area contributed by atoms with Gasteiger partial charge in [0.05, 0.1) is 0 Å². The third-order valence-corrected chi connectivity index (χ3v) is 3.46. The van der Waals surface area contributed by atoms with Gasteiger partial charge in [-0.3, -0.25) is 4.79 Å². The highest BCUT2D eigenvalue weighted by Crippen LogP contribution is 2.23. The molecule has 1 aromatic carbocycles. The Morgan fingerprint density at radius 3 is 2.78 bits per heavy atom. The van der Waals surface area contributed by atoms with Crippen molar-refractivity contribution in [1.29, 1.82) is 0 Å². The molecule has 18 heavy (non-hydrogen) atoms. The van der Waals surface area contributed by atoms with E-state index in [1.54, 1.807) is 17.9 Å². The highest BCUT2D eigenvalue weighted by Gasteiger charge is 2.25. The first kappa shape index (κ1) is 13.3. The second-order valence-electron chi connectivity index (χ2n) is 4.37. The summed E-state index contributed by atoms with van der Waals surface area (Å²) in [5.74, 6) is -0.435. The number of carbonyl (C=O) groups is 1. The van der Waals surface area contributed by atoms with Gasteiger partial charge in [-0.25, -0.2) is 4.39 Å². The molecule has 0 saturated carbocycles. The maximum atomic E-state index is 13.5. The van der Waals surface area contributed by atoms with E-state index in [-0.39, 0.29) is 11.7 Å². The van der Waals surface area contributed by atoms with Crippen LogP contribution in [-0.2, 0) is 4.79 Å². The molecule has 0 aromatic heterocycles. The van der Waals surface area contributed by atoms with Crippen molar-refractivity contribution < 1.29 is 13.9 Å². The molecule has 0 aliphatic carbocycles. The van der Waals surface area contributed by atoms with E-state index in [0.29, 0.717) is 0 Å². The topological polar surface area (TPSA) is 29.5 Å². The van der Waals surface area contributed by atoms with Crippen LogP contribution in [0.1, 0.15) is 19.8 Å². The predicted octanol–water partition coefficient (Wildman–Crippen LogP) is 2.98. The molecule has 0 bridgehead atoms. The molecular weight excluding hydrogens is 301 g/mol. The Morgan fingerprint density at radius 1 is 1.44 bits per heavy atom. The zero-order chi connectivity index (χ0) is 13.1. The molecule has 2 rings (SSSR count). The van der Waals surface area contributed by atoms with E-state index in [1.807, 2.05) is 0 Å². The van der Waals surface area contributed by atoms with E-state index in [9.17, 15) is 9.18 Å². The first-order valence-electron chi connectivity index (χ1n) is 5.98. The molecule has 1 saturated heterocycles. The molecule has 1 unspecified atom stereocenters. The summed E-state index contributed by atoms with van der Waals surface area (Å²) in [4.78, 5) is 13.8. The van der Waals surface area contributed by atoms with Crippen molar-refractivity contribution in [1.82, 2.24) is 4.90 Å². The average Bonchev–Trinajstić information content (AvgIpc) is 2.86. The molecule has 1 atom stereocenters. The Morgan fingerprint density at radius 2 is 2.11 bits per heavy atom. The lowest BCUT2D eigenvalue weighted by Gasteiger charge is -2.21. The van der Waals surface area contributed by atoms with Crippen molar-refractivity contribution in [2.24, 2.45) is 0 Å². The van der Waals surface area contributed by atoms with Crippen LogP contribution in [-0.4, -0.2) is 30.0 Å². The molecule has 0 N–H and O–H groups in total. The Kier molecular flexibility index (Phi) is 4.22. The van der Waals surface area contributed by atoms with Crippen LogP contribution < -0.4 is 4.74 Å². The minimum atomic E-state index is -0.660. The van der Waals surface area contributed by atoms with Gasteiger partial charge in [0.15, 0.2) is 17.7 Å². The Labute approximate surface area is 114 Å². The fourth-order valence-corrected chi connectivity index (χ4v) is 2.34. The zero-order valence-corrected chi connectivity index (χ0v) is 11.7. The van der Waals surface area contributed by atoms with Crippen molar-refractivity contribution in [2.75, 3.05) is 13.1 Å². The number of hydrogen-bond acceptors (Lipinski definition) is 2. The smallest absolute Gasteiger partial charge is 0.263 e. The summed E-state index contributed by atoms with van der Waals surface area (Å²) in [6.45, 7) is 3.20. The molecule has 1 fully saturated rings. The van der Waals surface area contributed by atoms with E-state index in [0.717, 1.165) is 30.4 Å². The second kappa shape index (κ2) is 5.69.